The van der Waals surface area contributed by atoms with Gasteiger partial charge in [-0.3, -0.25) is 19.7 Å². The number of hydrogen-bond acceptors (Lipinski definition) is 8. The number of anilines is 4. The molecule has 5 N–H and O–H groups in total. The summed E-state index contributed by atoms with van der Waals surface area (Å²) in [5, 5.41) is 17.3. The minimum absolute atomic E-state index is 0.0242. The molecular weight excluding hydrogens is 574 g/mol. The maximum Gasteiger partial charge on any atom is 0.412 e. The van der Waals surface area contributed by atoms with Crippen molar-refractivity contribution < 1.29 is 33.9 Å². The first kappa shape index (κ1) is 31.4. The molecule has 0 aliphatic heterocycles. The number of aryl methyl sites for hydroxylation is 4. The lowest BCUT2D eigenvalue weighted by atomic mass is 10.2. The number of carboxylic acids is 1. The molecule has 0 saturated heterocycles. The Balaban J connectivity index is 1.32. The summed E-state index contributed by atoms with van der Waals surface area (Å²) in [6, 6.07) is 4.58. The predicted octanol–water partition coefficient (Wildman–Crippen LogP) is 3.53. The van der Waals surface area contributed by atoms with Crippen molar-refractivity contribution in [2.45, 2.75) is 33.0 Å². The van der Waals surface area contributed by atoms with Crippen molar-refractivity contribution in [3.63, 3.8) is 0 Å². The van der Waals surface area contributed by atoms with Crippen LogP contribution in [-0.2, 0) is 44.4 Å². The van der Waals surface area contributed by atoms with Crippen molar-refractivity contribution in [1.82, 2.24) is 23.3 Å². The minimum atomic E-state index is -1.12. The van der Waals surface area contributed by atoms with Crippen LogP contribution in [0.2, 0.25) is 0 Å². The Morgan fingerprint density at radius 3 is 1.95 bits per heavy atom. The second kappa shape index (κ2) is 12.4. The van der Waals surface area contributed by atoms with Crippen LogP contribution in [-0.4, -0.2) is 57.8 Å². The van der Waals surface area contributed by atoms with Gasteiger partial charge in [0.2, 0.25) is 5.82 Å². The van der Waals surface area contributed by atoms with Gasteiger partial charge in [-0.2, -0.15) is 0 Å². The number of rotatable bonds is 10. The van der Waals surface area contributed by atoms with E-state index in [0.717, 1.165) is 5.69 Å². The van der Waals surface area contributed by atoms with E-state index in [1.807, 2.05) is 0 Å². The van der Waals surface area contributed by atoms with Gasteiger partial charge in [-0.25, -0.2) is 20.1 Å². The van der Waals surface area contributed by atoms with E-state index in [1.165, 1.54) is 32.0 Å². The Kier molecular flexibility index (Phi) is 8.84. The summed E-state index contributed by atoms with van der Waals surface area (Å²) < 4.78 is 11.5. The van der Waals surface area contributed by atoms with Gasteiger partial charge in [0.25, 0.3) is 11.8 Å². The molecule has 0 atom stereocenters. The van der Waals surface area contributed by atoms with Gasteiger partial charge in [-0.1, -0.05) is 0 Å². The molecule has 16 nitrogen and oxygen atoms in total. The van der Waals surface area contributed by atoms with Gasteiger partial charge in [0, 0.05) is 52.5 Å². The Labute approximate surface area is 252 Å². The molecule has 4 aromatic rings. The summed E-state index contributed by atoms with van der Waals surface area (Å²) in [6.07, 6.45) is 5.79. The monoisotopic (exact) mass is 609 g/mol. The molecule has 3 amide bonds. The first-order valence-electron chi connectivity index (χ1n) is 13.3. The fourth-order valence-electron chi connectivity index (χ4n) is 4.24. The maximum atomic E-state index is 13.0. The third-order valence-corrected chi connectivity index (χ3v) is 6.21. The number of aromatic nitrogens is 5. The Hall–Kier alpha value is -5.51. The molecule has 4 heterocycles. The summed E-state index contributed by atoms with van der Waals surface area (Å²) in [6.45, 7) is 5.47. The number of nitrogens with zero attached hydrogens (tertiary/aromatic N) is 5. The summed E-state index contributed by atoms with van der Waals surface area (Å²) in [5.41, 5.74) is 4.33. The highest BCUT2D eigenvalue weighted by atomic mass is 16.6. The second-order valence-electron chi connectivity index (χ2n) is 11.1. The molecule has 0 unspecified atom stereocenters. The number of imidazole rings is 1. The van der Waals surface area contributed by atoms with Crippen LogP contribution in [0.3, 0.4) is 0 Å². The second-order valence-corrected chi connectivity index (χ2v) is 11.1. The molecule has 4 aromatic heterocycles. The van der Waals surface area contributed by atoms with Crippen molar-refractivity contribution in [1.29, 1.82) is 0 Å². The van der Waals surface area contributed by atoms with Crippen LogP contribution in [0.4, 0.5) is 27.7 Å². The number of carboxylic acid groups (broad SMARTS) is 1. The van der Waals surface area contributed by atoms with E-state index in [1.54, 1.807) is 78.2 Å². The molecule has 234 valence electrons. The van der Waals surface area contributed by atoms with Gasteiger partial charge in [0.1, 0.15) is 23.6 Å². The largest absolute Gasteiger partial charge is 0.477 e. The van der Waals surface area contributed by atoms with E-state index >= 15 is 0 Å². The van der Waals surface area contributed by atoms with E-state index in [-0.39, 0.29) is 29.6 Å². The van der Waals surface area contributed by atoms with Crippen LogP contribution in [0.15, 0.2) is 43.0 Å². The lowest BCUT2D eigenvalue weighted by Crippen LogP contribution is -2.27. The molecule has 0 saturated carbocycles. The number of aromatic carboxylic acids is 1. The third kappa shape index (κ3) is 7.65. The van der Waals surface area contributed by atoms with Gasteiger partial charge in [-0.05, 0) is 39.0 Å². The first-order chi connectivity index (χ1) is 20.6. The number of ether oxygens (including phenoxy) is 1. The Bertz CT molecular complexity index is 1720. The van der Waals surface area contributed by atoms with Gasteiger partial charge >= 0.3 is 12.1 Å². The zero-order valence-corrected chi connectivity index (χ0v) is 25.4. The van der Waals surface area contributed by atoms with Gasteiger partial charge in [-0.15, -0.1) is 0 Å². The summed E-state index contributed by atoms with van der Waals surface area (Å²) in [7, 11) is 6.65. The van der Waals surface area contributed by atoms with E-state index < -0.39 is 29.5 Å². The highest BCUT2D eigenvalue weighted by Crippen LogP contribution is 2.19. The van der Waals surface area contributed by atoms with E-state index in [4.69, 9.17) is 9.57 Å². The predicted molar refractivity (Wildman–Crippen MR) is 161 cm³/mol. The third-order valence-electron chi connectivity index (χ3n) is 6.21. The average molecular weight is 610 g/mol. The van der Waals surface area contributed by atoms with Crippen molar-refractivity contribution in [2.75, 3.05) is 21.4 Å². The van der Waals surface area contributed by atoms with E-state index in [9.17, 15) is 24.3 Å². The molecular formula is C28H35N9O7. The zero-order chi connectivity index (χ0) is 32.3. The lowest BCUT2D eigenvalue weighted by Gasteiger charge is -2.19. The minimum Gasteiger partial charge on any atom is -0.477 e. The van der Waals surface area contributed by atoms with Crippen molar-refractivity contribution >= 4 is 46.8 Å². The standard InChI is InChI=1S/C28H35N9O7/c1-28(2,3)44-27(42)31-16-8-19(34(4)11-16)15-43-33-22-14-37(7)23(32-22)25(39)30-17-9-20(35(5)12-17)24(38)29-18-10-21(26(40)41)36(6)13-18/h8-14,33H,15H2,1-7H3,(H,29,38)(H,30,39)(H,31,42)(H,40,41). The average Bonchev–Trinajstić information content (AvgIpc) is 3.64. The first-order valence-corrected chi connectivity index (χ1v) is 13.3. The molecule has 0 radical (unpaired) electrons. The fraction of sp³-hybridized carbons (Fsp3) is 0.321. The van der Waals surface area contributed by atoms with Crippen LogP contribution in [0.5, 0.6) is 0 Å². The SMILES string of the molecule is Cn1cc(NC(=O)OC(C)(C)C)cc1CONc1cn(C)c(C(=O)Nc2cc(C(=O)Nc3cc(C(=O)O)n(C)c3)n(C)c2)n1. The van der Waals surface area contributed by atoms with Crippen LogP contribution in [0.1, 0.15) is 58.1 Å². The maximum absolute atomic E-state index is 13.0. The molecule has 0 aliphatic rings. The smallest absolute Gasteiger partial charge is 0.412 e. The molecule has 4 rings (SSSR count). The number of carbonyl (C=O) groups is 4. The molecule has 16 heteroatoms. The molecule has 0 aliphatic carbocycles. The highest BCUT2D eigenvalue weighted by molar-refractivity contribution is 6.06. The summed E-state index contributed by atoms with van der Waals surface area (Å²) in [5.74, 6) is -1.75. The number of amides is 3. The van der Waals surface area contributed by atoms with E-state index in [0.29, 0.717) is 17.1 Å². The fourth-order valence-corrected chi connectivity index (χ4v) is 4.24. The molecule has 0 bridgehead atoms. The Morgan fingerprint density at radius 1 is 0.773 bits per heavy atom. The van der Waals surface area contributed by atoms with Gasteiger partial charge in [0.15, 0.2) is 5.82 Å². The highest BCUT2D eigenvalue weighted by Gasteiger charge is 2.20. The van der Waals surface area contributed by atoms with Gasteiger partial charge < -0.3 is 38.7 Å². The molecule has 0 spiro atoms. The van der Waals surface area contributed by atoms with Gasteiger partial charge in [0.05, 0.1) is 23.3 Å². The Morgan fingerprint density at radius 2 is 1.34 bits per heavy atom. The van der Waals surface area contributed by atoms with E-state index in [2.05, 4.69) is 26.4 Å². The topological polar surface area (TPSA) is 188 Å². The molecule has 0 aromatic carbocycles. The number of carbonyl (C=O) groups excluding carboxylic acids is 3. The van der Waals surface area contributed by atoms with Crippen LogP contribution >= 0.6 is 0 Å². The summed E-state index contributed by atoms with van der Waals surface area (Å²) in [4.78, 5) is 58.9. The summed E-state index contributed by atoms with van der Waals surface area (Å²) >= 11 is 0. The van der Waals surface area contributed by atoms with Crippen molar-refractivity contribution in [3.8, 4) is 0 Å². The van der Waals surface area contributed by atoms with Crippen LogP contribution in [0.25, 0.3) is 0 Å². The zero-order valence-electron chi connectivity index (χ0n) is 25.4. The lowest BCUT2D eigenvalue weighted by molar-refractivity contribution is 0.0633. The van der Waals surface area contributed by atoms with Crippen LogP contribution < -0.4 is 21.4 Å². The number of nitrogens with one attached hydrogen (secondary N) is 4. The van der Waals surface area contributed by atoms with Crippen molar-refractivity contribution in [2.24, 2.45) is 28.2 Å². The number of hydrogen-bond donors (Lipinski definition) is 5. The van der Waals surface area contributed by atoms with Crippen LogP contribution in [0, 0.1) is 0 Å². The molecule has 44 heavy (non-hydrogen) atoms. The normalized spacial score (nSPS) is 11.2. The molecule has 0 fully saturated rings. The quantitative estimate of drug-likeness (QED) is 0.168. The van der Waals surface area contributed by atoms with Crippen molar-refractivity contribution in [3.05, 3.63) is 65.9 Å².